The smallest absolute Gasteiger partial charge is 0.234 e. The molecular weight excluding hydrogens is 308 g/mol. The van der Waals surface area contributed by atoms with Gasteiger partial charge in [0.15, 0.2) is 0 Å². The van der Waals surface area contributed by atoms with E-state index < -0.39 is 0 Å². The summed E-state index contributed by atoms with van der Waals surface area (Å²) in [5, 5.41) is 11.6. The lowest BCUT2D eigenvalue weighted by Gasteiger charge is -2.07. The summed E-state index contributed by atoms with van der Waals surface area (Å²) < 4.78 is 5.63. The number of benzene rings is 2. The second kappa shape index (κ2) is 8.86. The Kier molecular flexibility index (Phi) is 6.52. The fourth-order valence-electron chi connectivity index (χ4n) is 1.95. The molecule has 0 unspecified atom stereocenters. The third-order valence-electron chi connectivity index (χ3n) is 2.99. The molecule has 0 atom stereocenters. The highest BCUT2D eigenvalue weighted by atomic mass is 32.2. The minimum atomic E-state index is -0.0827. The van der Waals surface area contributed by atoms with Gasteiger partial charge in [-0.15, -0.1) is 11.8 Å². The Balaban J connectivity index is 1.66. The van der Waals surface area contributed by atoms with Crippen LogP contribution in [0.2, 0.25) is 0 Å². The Morgan fingerprint density at radius 3 is 2.87 bits per heavy atom. The zero-order valence-electron chi connectivity index (χ0n) is 12.9. The number of rotatable bonds is 7. The van der Waals surface area contributed by atoms with Gasteiger partial charge in [-0.25, -0.2) is 0 Å². The van der Waals surface area contributed by atoms with Crippen molar-refractivity contribution in [3.8, 4) is 11.8 Å². The molecule has 0 aliphatic heterocycles. The van der Waals surface area contributed by atoms with Gasteiger partial charge in [-0.3, -0.25) is 4.79 Å². The molecule has 0 radical (unpaired) electrons. The van der Waals surface area contributed by atoms with E-state index >= 15 is 0 Å². The number of thioether (sulfide) groups is 1. The summed E-state index contributed by atoms with van der Waals surface area (Å²) in [4.78, 5) is 11.8. The van der Waals surface area contributed by atoms with Crippen molar-refractivity contribution >= 4 is 23.4 Å². The van der Waals surface area contributed by atoms with Gasteiger partial charge in [0.1, 0.15) is 5.75 Å². The Morgan fingerprint density at radius 1 is 1.26 bits per heavy atom. The molecule has 0 fully saturated rings. The first-order valence-electron chi connectivity index (χ1n) is 7.24. The fourth-order valence-corrected chi connectivity index (χ4v) is 2.56. The van der Waals surface area contributed by atoms with Gasteiger partial charge in [0.25, 0.3) is 0 Å². The maximum absolute atomic E-state index is 11.8. The maximum atomic E-state index is 11.8. The van der Waals surface area contributed by atoms with E-state index in [1.54, 1.807) is 24.3 Å². The number of nitrogens with one attached hydrogen (secondary N) is 1. The normalized spacial score (nSPS) is 9.91. The molecule has 4 nitrogen and oxygen atoms in total. The Bertz CT molecular complexity index is 710. The molecule has 23 heavy (non-hydrogen) atoms. The van der Waals surface area contributed by atoms with Crippen molar-refractivity contribution in [3.63, 3.8) is 0 Å². The molecule has 0 bridgehead atoms. The van der Waals surface area contributed by atoms with E-state index in [2.05, 4.69) is 5.32 Å². The molecule has 0 aromatic heterocycles. The number of amides is 1. The number of anilines is 1. The SMILES string of the molecule is Cc1cccc(OCCSCC(=O)Nc2cccc(C#N)c2)c1. The van der Waals surface area contributed by atoms with Crippen molar-refractivity contribution in [2.45, 2.75) is 6.92 Å². The van der Waals surface area contributed by atoms with E-state index in [1.807, 2.05) is 37.3 Å². The van der Waals surface area contributed by atoms with Gasteiger partial charge in [-0.2, -0.15) is 5.26 Å². The summed E-state index contributed by atoms with van der Waals surface area (Å²) in [5.74, 6) is 1.86. The van der Waals surface area contributed by atoms with Crippen LogP contribution in [0.25, 0.3) is 0 Å². The Hall–Kier alpha value is -2.45. The lowest BCUT2D eigenvalue weighted by Crippen LogP contribution is -2.15. The number of carbonyl (C=O) groups is 1. The molecule has 1 N–H and O–H groups in total. The first-order valence-corrected chi connectivity index (χ1v) is 8.40. The van der Waals surface area contributed by atoms with Gasteiger partial charge in [0, 0.05) is 11.4 Å². The van der Waals surface area contributed by atoms with Crippen LogP contribution >= 0.6 is 11.8 Å². The van der Waals surface area contributed by atoms with E-state index in [9.17, 15) is 4.79 Å². The minimum absolute atomic E-state index is 0.0827. The van der Waals surface area contributed by atoms with Crippen molar-refractivity contribution < 1.29 is 9.53 Å². The van der Waals surface area contributed by atoms with Crippen LogP contribution in [0.1, 0.15) is 11.1 Å². The molecule has 0 spiro atoms. The highest BCUT2D eigenvalue weighted by Gasteiger charge is 2.03. The van der Waals surface area contributed by atoms with E-state index in [0.717, 1.165) is 17.1 Å². The molecule has 0 heterocycles. The number of aryl methyl sites for hydroxylation is 1. The first kappa shape index (κ1) is 16.9. The number of hydrogen-bond acceptors (Lipinski definition) is 4. The van der Waals surface area contributed by atoms with Crippen LogP contribution in [-0.2, 0) is 4.79 Å². The molecule has 0 aliphatic carbocycles. The van der Waals surface area contributed by atoms with Gasteiger partial charge < -0.3 is 10.1 Å². The summed E-state index contributed by atoms with van der Waals surface area (Å²) in [7, 11) is 0. The topological polar surface area (TPSA) is 62.1 Å². The summed E-state index contributed by atoms with van der Waals surface area (Å²) in [6.45, 7) is 2.58. The van der Waals surface area contributed by atoms with Crippen LogP contribution in [-0.4, -0.2) is 24.0 Å². The monoisotopic (exact) mass is 326 g/mol. The first-order chi connectivity index (χ1) is 11.2. The van der Waals surface area contributed by atoms with Gasteiger partial charge in [0.05, 0.1) is 24.0 Å². The predicted molar refractivity (Wildman–Crippen MR) is 93.8 cm³/mol. The average Bonchev–Trinajstić information content (AvgIpc) is 2.55. The highest BCUT2D eigenvalue weighted by Crippen LogP contribution is 2.13. The van der Waals surface area contributed by atoms with Gasteiger partial charge in [-0.05, 0) is 42.8 Å². The predicted octanol–water partition coefficient (Wildman–Crippen LogP) is 3.62. The minimum Gasteiger partial charge on any atom is -0.493 e. The van der Waals surface area contributed by atoms with Crippen LogP contribution < -0.4 is 10.1 Å². The van der Waals surface area contributed by atoms with Crippen molar-refractivity contribution in [2.75, 3.05) is 23.4 Å². The summed E-state index contributed by atoms with van der Waals surface area (Å²) in [6.07, 6.45) is 0. The van der Waals surface area contributed by atoms with Crippen LogP contribution in [0.3, 0.4) is 0 Å². The molecule has 0 saturated carbocycles. The molecule has 2 aromatic rings. The molecule has 118 valence electrons. The fraction of sp³-hybridized carbons (Fsp3) is 0.222. The standard InChI is InChI=1S/C18H18N2O2S/c1-14-4-2-7-17(10-14)22-8-9-23-13-18(21)20-16-6-3-5-15(11-16)12-19/h2-7,10-11H,8-9,13H2,1H3,(H,20,21). The van der Waals surface area contributed by atoms with Crippen LogP contribution in [0, 0.1) is 18.3 Å². The number of nitriles is 1. The third-order valence-corrected chi connectivity index (χ3v) is 3.92. The summed E-state index contributed by atoms with van der Waals surface area (Å²) in [6, 6.07) is 16.8. The lowest BCUT2D eigenvalue weighted by molar-refractivity contribution is -0.113. The highest BCUT2D eigenvalue weighted by molar-refractivity contribution is 7.99. The summed E-state index contributed by atoms with van der Waals surface area (Å²) >= 11 is 1.51. The lowest BCUT2D eigenvalue weighted by atomic mass is 10.2. The molecule has 1 amide bonds. The third kappa shape index (κ3) is 6.05. The van der Waals surface area contributed by atoms with Gasteiger partial charge in [0.2, 0.25) is 5.91 Å². The number of hydrogen-bond donors (Lipinski definition) is 1. The second-order valence-corrected chi connectivity index (χ2v) is 6.06. The van der Waals surface area contributed by atoms with E-state index in [1.165, 1.54) is 11.8 Å². The average molecular weight is 326 g/mol. The molecule has 2 rings (SSSR count). The number of ether oxygens (including phenoxy) is 1. The van der Waals surface area contributed by atoms with Crippen molar-refractivity contribution in [3.05, 3.63) is 59.7 Å². The molecule has 2 aromatic carbocycles. The molecule has 0 aliphatic rings. The summed E-state index contributed by atoms with van der Waals surface area (Å²) in [5.41, 5.74) is 2.33. The largest absolute Gasteiger partial charge is 0.493 e. The quantitative estimate of drug-likeness (QED) is 0.790. The zero-order valence-corrected chi connectivity index (χ0v) is 13.7. The van der Waals surface area contributed by atoms with Crippen molar-refractivity contribution in [1.82, 2.24) is 0 Å². The Labute approximate surface area is 140 Å². The Morgan fingerprint density at radius 2 is 2.09 bits per heavy atom. The zero-order chi connectivity index (χ0) is 16.5. The molecular formula is C18H18N2O2S. The molecule has 0 saturated heterocycles. The van der Waals surface area contributed by atoms with Crippen LogP contribution in [0.15, 0.2) is 48.5 Å². The molecule has 5 heteroatoms. The maximum Gasteiger partial charge on any atom is 0.234 e. The van der Waals surface area contributed by atoms with Gasteiger partial charge >= 0.3 is 0 Å². The van der Waals surface area contributed by atoms with Crippen molar-refractivity contribution in [2.24, 2.45) is 0 Å². The number of carbonyl (C=O) groups excluding carboxylic acids is 1. The van der Waals surface area contributed by atoms with E-state index in [4.69, 9.17) is 10.00 Å². The van der Waals surface area contributed by atoms with E-state index in [0.29, 0.717) is 23.6 Å². The van der Waals surface area contributed by atoms with Crippen LogP contribution in [0.5, 0.6) is 5.75 Å². The number of nitrogens with zero attached hydrogens (tertiary/aromatic N) is 1. The van der Waals surface area contributed by atoms with Crippen molar-refractivity contribution in [1.29, 1.82) is 5.26 Å². The van der Waals surface area contributed by atoms with E-state index in [-0.39, 0.29) is 5.91 Å². The van der Waals surface area contributed by atoms with Gasteiger partial charge in [-0.1, -0.05) is 18.2 Å². The second-order valence-electron chi connectivity index (χ2n) is 4.96. The van der Waals surface area contributed by atoms with Crippen LogP contribution in [0.4, 0.5) is 5.69 Å².